The molecule has 0 aliphatic rings. The Morgan fingerprint density at radius 2 is 1.79 bits per heavy atom. The highest BCUT2D eigenvalue weighted by atomic mass is 16.5. The second-order valence-corrected chi connectivity index (χ2v) is 5.06. The fourth-order valence-electron chi connectivity index (χ4n) is 2.20. The van der Waals surface area contributed by atoms with Gasteiger partial charge in [-0.1, -0.05) is 42.5 Å². The lowest BCUT2D eigenvalue weighted by Crippen LogP contribution is -2.06. The first-order chi connectivity index (χ1) is 11.8. The van der Waals surface area contributed by atoms with Crippen molar-refractivity contribution in [3.05, 3.63) is 66.4 Å². The van der Waals surface area contributed by atoms with E-state index in [0.717, 1.165) is 11.4 Å². The number of nitrogens with zero attached hydrogens (tertiary/aromatic N) is 3. The zero-order valence-electron chi connectivity index (χ0n) is 13.4. The molecule has 0 aliphatic carbocycles. The van der Waals surface area contributed by atoms with Crippen molar-refractivity contribution >= 4 is 17.5 Å². The number of nitrogens with one attached hydrogen (secondary N) is 2. The van der Waals surface area contributed by atoms with E-state index in [9.17, 15) is 0 Å². The normalized spacial score (nSPS) is 10.2. The molecule has 3 rings (SSSR count). The quantitative estimate of drug-likeness (QED) is 0.692. The van der Waals surface area contributed by atoms with Crippen molar-refractivity contribution in [1.29, 1.82) is 0 Å². The summed E-state index contributed by atoms with van der Waals surface area (Å²) in [6, 6.07) is 17.8. The van der Waals surface area contributed by atoms with Gasteiger partial charge >= 0.3 is 0 Å². The van der Waals surface area contributed by atoms with Crippen LogP contribution in [0.5, 0.6) is 5.75 Å². The molecule has 6 heteroatoms. The van der Waals surface area contributed by atoms with Crippen molar-refractivity contribution < 1.29 is 4.74 Å². The maximum Gasteiger partial charge on any atom is 0.249 e. The standard InChI is InChI=1S/C18H19N5O/c1-2-24-16-11-7-6-10-15(16)21-18-22-17(13-20-23-18)19-12-14-8-4-3-5-9-14/h3-11,13H,2,12H2,1H3,(H2,19,21,22,23). The van der Waals surface area contributed by atoms with Gasteiger partial charge in [-0.3, -0.25) is 0 Å². The number of anilines is 3. The summed E-state index contributed by atoms with van der Waals surface area (Å²) in [5.74, 6) is 1.83. The fourth-order valence-corrected chi connectivity index (χ4v) is 2.20. The SMILES string of the molecule is CCOc1ccccc1Nc1nncc(NCc2ccccc2)n1. The Bertz CT molecular complexity index is 779. The van der Waals surface area contributed by atoms with Gasteiger partial charge in [-0.2, -0.15) is 10.1 Å². The number of hydrogen-bond acceptors (Lipinski definition) is 6. The van der Waals surface area contributed by atoms with Crippen molar-refractivity contribution in [3.63, 3.8) is 0 Å². The average molecular weight is 321 g/mol. The third-order valence-electron chi connectivity index (χ3n) is 3.31. The first-order valence-corrected chi connectivity index (χ1v) is 7.81. The molecule has 0 amide bonds. The molecule has 2 aromatic carbocycles. The molecule has 0 spiro atoms. The Balaban J connectivity index is 1.69. The molecule has 1 aromatic heterocycles. The van der Waals surface area contributed by atoms with Crippen molar-refractivity contribution in [1.82, 2.24) is 15.2 Å². The second kappa shape index (κ2) is 7.92. The average Bonchev–Trinajstić information content (AvgIpc) is 2.63. The molecule has 6 nitrogen and oxygen atoms in total. The van der Waals surface area contributed by atoms with Gasteiger partial charge in [0.25, 0.3) is 0 Å². The smallest absolute Gasteiger partial charge is 0.249 e. The monoisotopic (exact) mass is 321 g/mol. The zero-order chi connectivity index (χ0) is 16.6. The van der Waals surface area contributed by atoms with Crippen molar-refractivity contribution in [2.75, 3.05) is 17.2 Å². The van der Waals surface area contributed by atoms with E-state index in [-0.39, 0.29) is 0 Å². The van der Waals surface area contributed by atoms with Crippen LogP contribution >= 0.6 is 0 Å². The van der Waals surface area contributed by atoms with Gasteiger partial charge < -0.3 is 15.4 Å². The van der Waals surface area contributed by atoms with E-state index in [1.165, 1.54) is 5.56 Å². The number of para-hydroxylation sites is 2. The fraction of sp³-hybridized carbons (Fsp3) is 0.167. The van der Waals surface area contributed by atoms with E-state index >= 15 is 0 Å². The summed E-state index contributed by atoms with van der Waals surface area (Å²) in [5, 5.41) is 14.4. The van der Waals surface area contributed by atoms with Gasteiger partial charge in [-0.15, -0.1) is 5.10 Å². The van der Waals surface area contributed by atoms with E-state index in [1.807, 2.05) is 49.4 Å². The third kappa shape index (κ3) is 4.19. The Labute approximate surface area is 140 Å². The molecule has 122 valence electrons. The first-order valence-electron chi connectivity index (χ1n) is 7.81. The van der Waals surface area contributed by atoms with E-state index in [1.54, 1.807) is 6.20 Å². The van der Waals surface area contributed by atoms with Gasteiger partial charge in [0, 0.05) is 6.54 Å². The predicted molar refractivity (Wildman–Crippen MR) is 94.5 cm³/mol. The maximum atomic E-state index is 5.59. The molecule has 0 unspecified atom stereocenters. The summed E-state index contributed by atoms with van der Waals surface area (Å²) in [4.78, 5) is 4.43. The van der Waals surface area contributed by atoms with Crippen LogP contribution in [0.2, 0.25) is 0 Å². The number of aromatic nitrogens is 3. The summed E-state index contributed by atoms with van der Waals surface area (Å²) < 4.78 is 5.59. The molecule has 0 atom stereocenters. The molecule has 2 N–H and O–H groups in total. The lowest BCUT2D eigenvalue weighted by atomic mass is 10.2. The lowest BCUT2D eigenvalue weighted by Gasteiger charge is -2.11. The molecule has 0 saturated carbocycles. The van der Waals surface area contributed by atoms with Crippen LogP contribution in [0.3, 0.4) is 0 Å². The van der Waals surface area contributed by atoms with Crippen LogP contribution < -0.4 is 15.4 Å². The van der Waals surface area contributed by atoms with Crippen LogP contribution in [0, 0.1) is 0 Å². The van der Waals surface area contributed by atoms with E-state index in [4.69, 9.17) is 4.74 Å². The predicted octanol–water partition coefficient (Wildman–Crippen LogP) is 3.63. The highest BCUT2D eigenvalue weighted by Gasteiger charge is 2.06. The summed E-state index contributed by atoms with van der Waals surface area (Å²) in [6.45, 7) is 3.22. The molecule has 0 bridgehead atoms. The molecule has 0 saturated heterocycles. The highest BCUT2D eigenvalue weighted by Crippen LogP contribution is 2.26. The van der Waals surface area contributed by atoms with Crippen LogP contribution in [0.25, 0.3) is 0 Å². The maximum absolute atomic E-state index is 5.59. The van der Waals surface area contributed by atoms with Gasteiger partial charge in [-0.05, 0) is 24.6 Å². The van der Waals surface area contributed by atoms with Gasteiger partial charge in [0.1, 0.15) is 5.75 Å². The number of rotatable bonds is 7. The molecule has 24 heavy (non-hydrogen) atoms. The molecule has 0 radical (unpaired) electrons. The van der Waals surface area contributed by atoms with Gasteiger partial charge in [0.15, 0.2) is 5.82 Å². The number of benzene rings is 2. The van der Waals surface area contributed by atoms with Crippen LogP contribution in [0.4, 0.5) is 17.5 Å². The van der Waals surface area contributed by atoms with E-state index in [0.29, 0.717) is 24.9 Å². The molecule has 0 aliphatic heterocycles. The minimum Gasteiger partial charge on any atom is -0.492 e. The summed E-state index contributed by atoms with van der Waals surface area (Å²) in [7, 11) is 0. The third-order valence-corrected chi connectivity index (χ3v) is 3.31. The zero-order valence-corrected chi connectivity index (χ0v) is 13.4. The highest BCUT2D eigenvalue weighted by molar-refractivity contribution is 5.62. The molecular weight excluding hydrogens is 302 g/mol. The first kappa shape index (κ1) is 15.7. The Hall–Kier alpha value is -3.15. The van der Waals surface area contributed by atoms with E-state index in [2.05, 4.69) is 37.9 Å². The Morgan fingerprint density at radius 1 is 1.00 bits per heavy atom. The van der Waals surface area contributed by atoms with Gasteiger partial charge in [0.2, 0.25) is 5.95 Å². The topological polar surface area (TPSA) is 72.0 Å². The van der Waals surface area contributed by atoms with Crippen molar-refractivity contribution in [2.24, 2.45) is 0 Å². The number of ether oxygens (including phenoxy) is 1. The minimum absolute atomic E-state index is 0.417. The molecule has 1 heterocycles. The van der Waals surface area contributed by atoms with Crippen LogP contribution in [0.1, 0.15) is 12.5 Å². The Morgan fingerprint density at radius 3 is 2.62 bits per heavy atom. The Kier molecular flexibility index (Phi) is 5.19. The van der Waals surface area contributed by atoms with Crippen molar-refractivity contribution in [3.8, 4) is 5.75 Å². The van der Waals surface area contributed by atoms with Crippen LogP contribution in [-0.2, 0) is 6.54 Å². The molecule has 0 fully saturated rings. The second-order valence-electron chi connectivity index (χ2n) is 5.06. The van der Waals surface area contributed by atoms with Gasteiger partial charge in [0.05, 0.1) is 18.5 Å². The van der Waals surface area contributed by atoms with Crippen molar-refractivity contribution in [2.45, 2.75) is 13.5 Å². The largest absolute Gasteiger partial charge is 0.492 e. The summed E-state index contributed by atoms with van der Waals surface area (Å²) in [5.41, 5.74) is 1.98. The summed E-state index contributed by atoms with van der Waals surface area (Å²) >= 11 is 0. The van der Waals surface area contributed by atoms with Gasteiger partial charge in [-0.25, -0.2) is 0 Å². The minimum atomic E-state index is 0.417. The van der Waals surface area contributed by atoms with Crippen LogP contribution in [0.15, 0.2) is 60.8 Å². The number of hydrogen-bond donors (Lipinski definition) is 2. The molecule has 3 aromatic rings. The molecular formula is C18H19N5O. The van der Waals surface area contributed by atoms with E-state index < -0.39 is 0 Å². The summed E-state index contributed by atoms with van der Waals surface area (Å²) in [6.07, 6.45) is 1.60. The lowest BCUT2D eigenvalue weighted by molar-refractivity contribution is 0.342. The van der Waals surface area contributed by atoms with Crippen LogP contribution in [-0.4, -0.2) is 21.8 Å².